The van der Waals surface area contributed by atoms with Crippen LogP contribution in [-0.4, -0.2) is 54.9 Å². The van der Waals surface area contributed by atoms with Gasteiger partial charge in [-0.2, -0.15) is 0 Å². The molecule has 16 heavy (non-hydrogen) atoms. The maximum absolute atomic E-state index is 11.6. The van der Waals surface area contributed by atoms with Crippen LogP contribution in [0.25, 0.3) is 0 Å². The number of hydrogen-bond acceptors (Lipinski definition) is 3. The van der Waals surface area contributed by atoms with E-state index >= 15 is 0 Å². The number of likely N-dealkylation sites (N-methyl/N-ethyl adjacent to an activating group) is 1. The highest BCUT2D eigenvalue weighted by Crippen LogP contribution is 1.99. The normalized spacial score (nSPS) is 14.0. The highest BCUT2D eigenvalue weighted by atomic mass is 16.5. The summed E-state index contributed by atoms with van der Waals surface area (Å²) in [7, 11) is 3.01. The lowest BCUT2D eigenvalue weighted by molar-refractivity contribution is -0.141. The number of carboxylic acid groups (broad SMARTS) is 1. The Morgan fingerprint density at radius 3 is 2.44 bits per heavy atom. The van der Waals surface area contributed by atoms with Crippen LogP contribution >= 0.6 is 0 Å². The molecule has 2 N–H and O–H groups in total. The van der Waals surface area contributed by atoms with Gasteiger partial charge in [0.25, 0.3) is 0 Å². The zero-order chi connectivity index (χ0) is 12.7. The number of rotatable bonds is 6. The molecule has 2 unspecified atom stereocenters. The highest BCUT2D eigenvalue weighted by molar-refractivity contribution is 5.82. The third-order valence-corrected chi connectivity index (χ3v) is 2.45. The van der Waals surface area contributed by atoms with Crippen LogP contribution < -0.4 is 5.32 Å². The topological polar surface area (TPSA) is 78.9 Å². The van der Waals surface area contributed by atoms with Gasteiger partial charge in [-0.05, 0) is 13.3 Å². The molecule has 0 aliphatic heterocycles. The van der Waals surface area contributed by atoms with E-state index < -0.39 is 18.0 Å². The van der Waals surface area contributed by atoms with Gasteiger partial charge in [0.15, 0.2) is 0 Å². The van der Waals surface area contributed by atoms with Crippen LogP contribution in [0, 0.1) is 0 Å². The SMILES string of the molecule is CCC(COC)NC(=O)N(C)C(C)C(=O)O. The molecule has 0 radical (unpaired) electrons. The third-order valence-electron chi connectivity index (χ3n) is 2.45. The van der Waals surface area contributed by atoms with E-state index in [4.69, 9.17) is 9.84 Å². The number of nitrogens with one attached hydrogen (secondary N) is 1. The number of carboxylic acids is 1. The van der Waals surface area contributed by atoms with Crippen LogP contribution in [-0.2, 0) is 9.53 Å². The van der Waals surface area contributed by atoms with Gasteiger partial charge in [0.1, 0.15) is 6.04 Å². The first kappa shape index (κ1) is 14.7. The van der Waals surface area contributed by atoms with E-state index in [1.165, 1.54) is 14.0 Å². The maximum atomic E-state index is 11.6. The molecule has 2 amide bonds. The Kier molecular flexibility index (Phi) is 6.48. The number of carbonyl (C=O) groups is 2. The van der Waals surface area contributed by atoms with Gasteiger partial charge in [0.05, 0.1) is 12.6 Å². The second kappa shape index (κ2) is 7.05. The van der Waals surface area contributed by atoms with Gasteiger partial charge in [-0.15, -0.1) is 0 Å². The number of urea groups is 1. The van der Waals surface area contributed by atoms with Crippen molar-refractivity contribution in [2.24, 2.45) is 0 Å². The molecule has 0 aromatic rings. The van der Waals surface area contributed by atoms with Gasteiger partial charge in [-0.3, -0.25) is 0 Å². The quantitative estimate of drug-likeness (QED) is 0.700. The van der Waals surface area contributed by atoms with Gasteiger partial charge < -0.3 is 20.1 Å². The monoisotopic (exact) mass is 232 g/mol. The van der Waals surface area contributed by atoms with E-state index in [1.807, 2.05) is 6.92 Å². The first-order chi connectivity index (χ1) is 7.43. The van der Waals surface area contributed by atoms with Crippen molar-refractivity contribution in [3.8, 4) is 0 Å². The van der Waals surface area contributed by atoms with Crippen molar-refractivity contribution in [1.29, 1.82) is 0 Å². The fourth-order valence-electron chi connectivity index (χ4n) is 1.08. The van der Waals surface area contributed by atoms with Gasteiger partial charge in [0.2, 0.25) is 0 Å². The molecule has 0 fully saturated rings. The van der Waals surface area contributed by atoms with Gasteiger partial charge in [-0.1, -0.05) is 6.92 Å². The summed E-state index contributed by atoms with van der Waals surface area (Å²) in [4.78, 5) is 23.5. The molecular formula is C10H20N2O4. The number of hydrogen-bond donors (Lipinski definition) is 2. The standard InChI is InChI=1S/C10H20N2O4/c1-5-8(6-16-4)11-10(15)12(3)7(2)9(13)14/h7-8H,5-6H2,1-4H3,(H,11,15)(H,13,14). The molecule has 0 spiro atoms. The molecule has 2 atom stereocenters. The summed E-state index contributed by atoms with van der Waals surface area (Å²) < 4.78 is 4.93. The summed E-state index contributed by atoms with van der Waals surface area (Å²) in [6, 6.07) is -1.35. The number of aliphatic carboxylic acids is 1. The van der Waals surface area contributed by atoms with E-state index in [2.05, 4.69) is 5.32 Å². The fourth-order valence-corrected chi connectivity index (χ4v) is 1.08. The molecule has 6 nitrogen and oxygen atoms in total. The number of methoxy groups -OCH3 is 1. The van der Waals surface area contributed by atoms with E-state index in [9.17, 15) is 9.59 Å². The Bertz CT molecular complexity index is 245. The molecule has 0 aromatic heterocycles. The molecule has 0 saturated heterocycles. The smallest absolute Gasteiger partial charge is 0.326 e. The summed E-state index contributed by atoms with van der Waals surface area (Å²) in [5.74, 6) is -1.03. The van der Waals surface area contributed by atoms with Crippen molar-refractivity contribution in [3.63, 3.8) is 0 Å². The molecular weight excluding hydrogens is 212 g/mol. The zero-order valence-corrected chi connectivity index (χ0v) is 10.2. The predicted molar refractivity (Wildman–Crippen MR) is 59.3 cm³/mol. The Morgan fingerprint density at radius 1 is 1.50 bits per heavy atom. The van der Waals surface area contributed by atoms with E-state index in [1.54, 1.807) is 7.11 Å². The lowest BCUT2D eigenvalue weighted by atomic mass is 10.2. The molecule has 94 valence electrons. The minimum Gasteiger partial charge on any atom is -0.480 e. The molecule has 0 aliphatic carbocycles. The summed E-state index contributed by atoms with van der Waals surface area (Å²) in [6.07, 6.45) is 0.731. The van der Waals surface area contributed by atoms with Crippen molar-refractivity contribution < 1.29 is 19.4 Å². The average molecular weight is 232 g/mol. The van der Waals surface area contributed by atoms with Crippen LogP contribution in [0.15, 0.2) is 0 Å². The van der Waals surface area contributed by atoms with Crippen molar-refractivity contribution in [1.82, 2.24) is 10.2 Å². The first-order valence-electron chi connectivity index (χ1n) is 5.19. The van der Waals surface area contributed by atoms with Crippen LogP contribution in [0.4, 0.5) is 4.79 Å². The van der Waals surface area contributed by atoms with Crippen molar-refractivity contribution in [2.45, 2.75) is 32.4 Å². The van der Waals surface area contributed by atoms with Crippen molar-refractivity contribution in [2.75, 3.05) is 20.8 Å². The largest absolute Gasteiger partial charge is 0.480 e. The first-order valence-corrected chi connectivity index (χ1v) is 5.19. The lowest BCUT2D eigenvalue weighted by Gasteiger charge is -2.25. The van der Waals surface area contributed by atoms with Crippen LogP contribution in [0.3, 0.4) is 0 Å². The zero-order valence-electron chi connectivity index (χ0n) is 10.2. The van der Waals surface area contributed by atoms with E-state index in [0.29, 0.717) is 6.61 Å². The Balaban J connectivity index is 4.27. The molecule has 0 aromatic carbocycles. The molecule has 6 heteroatoms. The summed E-state index contributed by atoms with van der Waals surface area (Å²) in [5, 5.41) is 11.5. The molecule has 0 bridgehead atoms. The molecule has 0 aliphatic rings. The third kappa shape index (κ3) is 4.48. The maximum Gasteiger partial charge on any atom is 0.326 e. The summed E-state index contributed by atoms with van der Waals surface area (Å²) in [5.41, 5.74) is 0. The highest BCUT2D eigenvalue weighted by Gasteiger charge is 2.22. The Labute approximate surface area is 95.6 Å². The Morgan fingerprint density at radius 2 is 2.06 bits per heavy atom. The van der Waals surface area contributed by atoms with Gasteiger partial charge in [-0.25, -0.2) is 9.59 Å². The van der Waals surface area contributed by atoms with Gasteiger partial charge >= 0.3 is 12.0 Å². The van der Waals surface area contributed by atoms with Crippen LogP contribution in [0.2, 0.25) is 0 Å². The minimum atomic E-state index is -1.03. The number of amides is 2. The fraction of sp³-hybridized carbons (Fsp3) is 0.800. The predicted octanol–water partition coefficient (Wildman–Crippen LogP) is 0.526. The average Bonchev–Trinajstić information content (AvgIpc) is 2.25. The van der Waals surface area contributed by atoms with Crippen LogP contribution in [0.1, 0.15) is 20.3 Å². The molecule has 0 heterocycles. The molecule has 0 rings (SSSR count). The summed E-state index contributed by atoms with van der Waals surface area (Å²) in [6.45, 7) is 3.79. The van der Waals surface area contributed by atoms with E-state index in [0.717, 1.165) is 11.3 Å². The second-order valence-electron chi connectivity index (χ2n) is 3.64. The minimum absolute atomic E-state index is 0.0963. The number of carbonyl (C=O) groups excluding carboxylic acids is 1. The second-order valence-corrected chi connectivity index (χ2v) is 3.64. The number of nitrogens with zero attached hydrogens (tertiary/aromatic N) is 1. The number of ether oxygens (including phenoxy) is 1. The van der Waals surface area contributed by atoms with Crippen LogP contribution in [0.5, 0.6) is 0 Å². The van der Waals surface area contributed by atoms with Crippen molar-refractivity contribution >= 4 is 12.0 Å². The van der Waals surface area contributed by atoms with Crippen molar-refractivity contribution in [3.05, 3.63) is 0 Å². The van der Waals surface area contributed by atoms with E-state index in [-0.39, 0.29) is 6.04 Å². The van der Waals surface area contributed by atoms with Gasteiger partial charge in [0, 0.05) is 14.2 Å². The lowest BCUT2D eigenvalue weighted by Crippen LogP contribution is -2.49. The Hall–Kier alpha value is -1.30. The molecule has 0 saturated carbocycles. The summed E-state index contributed by atoms with van der Waals surface area (Å²) >= 11 is 0.